The van der Waals surface area contributed by atoms with Gasteiger partial charge in [0.25, 0.3) is 0 Å². The Labute approximate surface area is 199 Å². The Bertz CT molecular complexity index is 877. The number of alkyl halides is 3. The highest BCUT2D eigenvalue weighted by molar-refractivity contribution is 14.0. The van der Waals surface area contributed by atoms with Crippen LogP contribution < -0.4 is 10.6 Å². The molecule has 2 rings (SSSR count). The third-order valence-electron chi connectivity index (χ3n) is 5.43. The van der Waals surface area contributed by atoms with Crippen LogP contribution in [0.3, 0.4) is 0 Å². The first-order valence-corrected chi connectivity index (χ1v) is 10.2. The van der Waals surface area contributed by atoms with Crippen molar-refractivity contribution in [2.75, 3.05) is 13.6 Å². The van der Waals surface area contributed by atoms with Gasteiger partial charge in [0, 0.05) is 32.4 Å². The summed E-state index contributed by atoms with van der Waals surface area (Å²) in [6.07, 6.45) is -2.80. The minimum absolute atomic E-state index is 0. The first kappa shape index (κ1) is 27.3. The average Bonchev–Trinajstić information content (AvgIpc) is 2.92. The van der Waals surface area contributed by atoms with Crippen LogP contribution in [0.25, 0.3) is 0 Å². The van der Waals surface area contributed by atoms with Gasteiger partial charge in [-0.1, -0.05) is 25.1 Å². The monoisotopic (exact) mass is 551 g/mol. The maximum atomic E-state index is 12.9. The van der Waals surface area contributed by atoms with Gasteiger partial charge in [0.2, 0.25) is 0 Å². The van der Waals surface area contributed by atoms with Crippen molar-refractivity contribution in [1.82, 2.24) is 20.4 Å². The van der Waals surface area contributed by atoms with Crippen LogP contribution in [0.5, 0.6) is 0 Å². The predicted octanol–water partition coefficient (Wildman–Crippen LogP) is 4.96. The van der Waals surface area contributed by atoms with Gasteiger partial charge in [-0.25, -0.2) is 0 Å². The Morgan fingerprint density at radius 2 is 1.90 bits per heavy atom. The van der Waals surface area contributed by atoms with Gasteiger partial charge < -0.3 is 10.6 Å². The summed E-state index contributed by atoms with van der Waals surface area (Å²) < 4.78 is 40.7. The molecule has 0 aliphatic carbocycles. The van der Waals surface area contributed by atoms with E-state index in [2.05, 4.69) is 34.6 Å². The van der Waals surface area contributed by atoms with Gasteiger partial charge in [-0.05, 0) is 56.7 Å². The van der Waals surface area contributed by atoms with Gasteiger partial charge in [0.15, 0.2) is 5.96 Å². The summed E-state index contributed by atoms with van der Waals surface area (Å²) in [5.74, 6) is 0.675. The molecule has 5 nitrogen and oxygen atoms in total. The Kier molecular flexibility index (Phi) is 10.3. The van der Waals surface area contributed by atoms with E-state index in [0.717, 1.165) is 23.9 Å². The Hall–Kier alpha value is -1.78. The summed E-state index contributed by atoms with van der Waals surface area (Å²) in [7, 11) is 3.65. The fourth-order valence-corrected chi connectivity index (χ4v) is 3.49. The standard InChI is InChI=1S/C22H32F3N5.HI/c1-14(18-8-7-9-19(13-18)22(23,24)25)10-11-27-21(26-5)28-15(2)12-20-16(3)29-30(6)17(20)4;/h7-9,13-15H,10-12H2,1-6H3,(H2,26,27,28);1H. The molecule has 1 aromatic carbocycles. The highest BCUT2D eigenvalue weighted by Gasteiger charge is 2.30. The molecule has 0 spiro atoms. The van der Waals surface area contributed by atoms with Crippen LogP contribution >= 0.6 is 24.0 Å². The quantitative estimate of drug-likeness (QED) is 0.291. The first-order valence-electron chi connectivity index (χ1n) is 10.2. The second-order valence-corrected chi connectivity index (χ2v) is 7.83. The zero-order chi connectivity index (χ0) is 22.5. The minimum atomic E-state index is -4.32. The normalized spacial score (nSPS) is 14.0. The predicted molar refractivity (Wildman–Crippen MR) is 130 cm³/mol. The van der Waals surface area contributed by atoms with Crippen molar-refractivity contribution >= 4 is 29.9 Å². The van der Waals surface area contributed by atoms with Crippen LogP contribution in [0.4, 0.5) is 13.2 Å². The second kappa shape index (κ2) is 11.7. The lowest BCUT2D eigenvalue weighted by molar-refractivity contribution is -0.137. The Morgan fingerprint density at radius 1 is 1.23 bits per heavy atom. The van der Waals surface area contributed by atoms with E-state index in [9.17, 15) is 13.2 Å². The van der Waals surface area contributed by atoms with Crippen molar-refractivity contribution in [3.8, 4) is 0 Å². The van der Waals surface area contributed by atoms with Crippen LogP contribution in [0.1, 0.15) is 54.3 Å². The molecule has 0 amide bonds. The molecule has 2 N–H and O–H groups in total. The maximum Gasteiger partial charge on any atom is 0.416 e. The molecule has 2 atom stereocenters. The molecule has 2 aromatic rings. The van der Waals surface area contributed by atoms with Gasteiger partial charge in [-0.3, -0.25) is 9.67 Å². The topological polar surface area (TPSA) is 54.2 Å². The number of halogens is 4. The Balaban J connectivity index is 0.00000480. The van der Waals surface area contributed by atoms with Gasteiger partial charge in [0.1, 0.15) is 0 Å². The van der Waals surface area contributed by atoms with Crippen LogP contribution in [0.15, 0.2) is 29.3 Å². The highest BCUT2D eigenvalue weighted by atomic mass is 127. The molecule has 31 heavy (non-hydrogen) atoms. The van der Waals surface area contributed by atoms with E-state index >= 15 is 0 Å². The van der Waals surface area contributed by atoms with E-state index in [0.29, 0.717) is 24.5 Å². The van der Waals surface area contributed by atoms with Crippen molar-refractivity contribution in [3.05, 3.63) is 52.3 Å². The van der Waals surface area contributed by atoms with Crippen LogP contribution in [0, 0.1) is 13.8 Å². The molecule has 2 unspecified atom stereocenters. The molecule has 0 saturated carbocycles. The van der Waals surface area contributed by atoms with E-state index in [1.165, 1.54) is 17.7 Å². The first-order chi connectivity index (χ1) is 14.0. The number of aliphatic imine (C=N–C) groups is 1. The number of aryl methyl sites for hydroxylation is 2. The summed E-state index contributed by atoms with van der Waals surface area (Å²) in [6.45, 7) is 8.70. The van der Waals surface area contributed by atoms with E-state index in [-0.39, 0.29) is 35.9 Å². The number of aromatic nitrogens is 2. The largest absolute Gasteiger partial charge is 0.416 e. The van der Waals surface area contributed by atoms with Crippen molar-refractivity contribution < 1.29 is 13.2 Å². The maximum absolute atomic E-state index is 12.9. The lowest BCUT2D eigenvalue weighted by atomic mass is 9.96. The third kappa shape index (κ3) is 7.69. The van der Waals surface area contributed by atoms with Gasteiger partial charge in [-0.2, -0.15) is 18.3 Å². The van der Waals surface area contributed by atoms with Gasteiger partial charge >= 0.3 is 6.18 Å². The van der Waals surface area contributed by atoms with E-state index < -0.39 is 11.7 Å². The van der Waals surface area contributed by atoms with Crippen molar-refractivity contribution in [2.45, 2.75) is 58.7 Å². The number of rotatable bonds is 7. The van der Waals surface area contributed by atoms with E-state index in [1.807, 2.05) is 25.6 Å². The number of benzene rings is 1. The fraction of sp³-hybridized carbons (Fsp3) is 0.545. The van der Waals surface area contributed by atoms with Crippen molar-refractivity contribution in [1.29, 1.82) is 0 Å². The molecule has 0 saturated heterocycles. The number of hydrogen-bond acceptors (Lipinski definition) is 2. The number of hydrogen-bond donors (Lipinski definition) is 2. The van der Waals surface area contributed by atoms with Gasteiger partial charge in [-0.15, -0.1) is 24.0 Å². The van der Waals surface area contributed by atoms with E-state index in [1.54, 1.807) is 13.1 Å². The van der Waals surface area contributed by atoms with Crippen molar-refractivity contribution in [3.63, 3.8) is 0 Å². The average molecular weight is 551 g/mol. The molecule has 0 aliphatic heterocycles. The Morgan fingerprint density at radius 3 is 2.45 bits per heavy atom. The summed E-state index contributed by atoms with van der Waals surface area (Å²) in [5.41, 5.74) is 3.49. The molecule has 1 heterocycles. The SMILES string of the molecule is CN=C(NCCC(C)c1cccc(C(F)(F)F)c1)NC(C)Cc1c(C)nn(C)c1C.I. The van der Waals surface area contributed by atoms with Gasteiger partial charge in [0.05, 0.1) is 11.3 Å². The summed E-state index contributed by atoms with van der Waals surface area (Å²) in [4.78, 5) is 4.26. The fourth-order valence-electron chi connectivity index (χ4n) is 3.49. The summed E-state index contributed by atoms with van der Waals surface area (Å²) >= 11 is 0. The lowest BCUT2D eigenvalue weighted by Gasteiger charge is -2.19. The molecule has 0 fully saturated rings. The molecule has 0 radical (unpaired) electrons. The third-order valence-corrected chi connectivity index (χ3v) is 5.43. The van der Waals surface area contributed by atoms with Crippen LogP contribution in [-0.4, -0.2) is 35.4 Å². The number of guanidine groups is 1. The van der Waals surface area contributed by atoms with E-state index in [4.69, 9.17) is 0 Å². The van der Waals surface area contributed by atoms with Crippen LogP contribution in [0.2, 0.25) is 0 Å². The molecular formula is C22H33F3IN5. The number of nitrogens with one attached hydrogen (secondary N) is 2. The summed E-state index contributed by atoms with van der Waals surface area (Å²) in [5, 5.41) is 11.1. The van der Waals surface area contributed by atoms with Crippen molar-refractivity contribution in [2.24, 2.45) is 12.0 Å². The molecule has 174 valence electrons. The second-order valence-electron chi connectivity index (χ2n) is 7.83. The lowest BCUT2D eigenvalue weighted by Crippen LogP contribution is -2.43. The molecule has 9 heteroatoms. The molecule has 1 aromatic heterocycles. The van der Waals surface area contributed by atoms with Crippen LogP contribution in [-0.2, 0) is 19.6 Å². The molecule has 0 bridgehead atoms. The molecular weight excluding hydrogens is 518 g/mol. The number of nitrogens with zero attached hydrogens (tertiary/aromatic N) is 3. The molecule has 0 aliphatic rings. The minimum Gasteiger partial charge on any atom is -0.356 e. The zero-order valence-electron chi connectivity index (χ0n) is 19.0. The smallest absolute Gasteiger partial charge is 0.356 e. The zero-order valence-corrected chi connectivity index (χ0v) is 21.3. The summed E-state index contributed by atoms with van der Waals surface area (Å²) in [6, 6.07) is 5.70. The highest BCUT2D eigenvalue weighted by Crippen LogP contribution is 2.31.